The molecule has 0 N–H and O–H groups in total. The number of carbonyl (C=O) groups is 1. The smallest absolute Gasteiger partial charge is 0.232 e. The van der Waals surface area contributed by atoms with Crippen LogP contribution in [-0.2, 0) is 4.79 Å². The van der Waals surface area contributed by atoms with Gasteiger partial charge in [0.25, 0.3) is 0 Å². The van der Waals surface area contributed by atoms with E-state index in [2.05, 4.69) is 25.6 Å². The molecule has 2 saturated carbocycles. The maximum atomic E-state index is 13.5. The number of hydrogen-bond donors (Lipinski definition) is 0. The number of likely N-dealkylation sites (tertiary alicyclic amines) is 1. The van der Waals surface area contributed by atoms with Crippen LogP contribution >= 0.6 is 0 Å². The summed E-state index contributed by atoms with van der Waals surface area (Å²) >= 11 is 0. The monoisotopic (exact) mass is 382 g/mol. The average Bonchev–Trinajstić information content (AvgIpc) is 3.36. The summed E-state index contributed by atoms with van der Waals surface area (Å²) in [6, 6.07) is 4.58. The zero-order valence-corrected chi connectivity index (χ0v) is 16.6. The van der Waals surface area contributed by atoms with Gasteiger partial charge in [0.1, 0.15) is 5.82 Å². The molecule has 148 valence electrons. The topological polar surface area (TPSA) is 46.3 Å². The van der Waals surface area contributed by atoms with Crippen LogP contribution in [0.1, 0.15) is 57.6 Å². The highest BCUT2D eigenvalue weighted by molar-refractivity contribution is 5.88. The van der Waals surface area contributed by atoms with Gasteiger partial charge in [-0.15, -0.1) is 0 Å². The van der Waals surface area contributed by atoms with Crippen molar-refractivity contribution >= 4 is 16.9 Å². The largest absolute Gasteiger partial charge is 0.356 e. The summed E-state index contributed by atoms with van der Waals surface area (Å²) in [5, 5.41) is 5.10. The lowest BCUT2D eigenvalue weighted by Gasteiger charge is -2.41. The Labute approximate surface area is 164 Å². The first-order valence-corrected chi connectivity index (χ1v) is 10.4. The molecule has 2 aromatic rings. The van der Waals surface area contributed by atoms with Gasteiger partial charge in [-0.3, -0.25) is 4.79 Å². The van der Waals surface area contributed by atoms with E-state index < -0.39 is 0 Å². The molecule has 2 heterocycles. The number of fused-ring (bicyclic) bond motifs is 3. The van der Waals surface area contributed by atoms with Crippen LogP contribution in [0.5, 0.6) is 0 Å². The van der Waals surface area contributed by atoms with Crippen LogP contribution in [0.3, 0.4) is 0 Å². The Morgan fingerprint density at radius 1 is 1.29 bits per heavy atom. The van der Waals surface area contributed by atoms with E-state index in [1.165, 1.54) is 12.1 Å². The number of hydrogen-bond acceptors (Lipinski definition) is 3. The van der Waals surface area contributed by atoms with Gasteiger partial charge in [-0.05, 0) is 55.6 Å². The summed E-state index contributed by atoms with van der Waals surface area (Å²) in [5.74, 6) is 0.803. The Kier molecular flexibility index (Phi) is 3.78. The van der Waals surface area contributed by atoms with E-state index in [1.54, 1.807) is 6.07 Å². The maximum absolute atomic E-state index is 13.5. The molecule has 28 heavy (non-hydrogen) atoms. The maximum Gasteiger partial charge on any atom is 0.232 e. The highest BCUT2D eigenvalue weighted by atomic mass is 19.1. The normalized spacial score (nSPS) is 29.8. The molecule has 1 amide bonds. The number of piperidine rings is 1. The van der Waals surface area contributed by atoms with Crippen LogP contribution < -0.4 is 0 Å². The van der Waals surface area contributed by atoms with E-state index in [1.807, 2.05) is 4.90 Å². The second kappa shape index (κ2) is 5.91. The van der Waals surface area contributed by atoms with Crippen LogP contribution in [0, 0.1) is 22.6 Å². The Hall–Kier alpha value is -2.17. The molecule has 4 nitrogen and oxygen atoms in total. The van der Waals surface area contributed by atoms with Crippen LogP contribution in [0.4, 0.5) is 4.39 Å². The summed E-state index contributed by atoms with van der Waals surface area (Å²) in [6.45, 7) is 10.3. The van der Waals surface area contributed by atoms with E-state index in [-0.39, 0.29) is 28.5 Å². The average molecular weight is 382 g/mol. The van der Waals surface area contributed by atoms with Crippen molar-refractivity contribution in [2.45, 2.75) is 51.9 Å². The third-order valence-electron chi connectivity index (χ3n) is 7.93. The summed E-state index contributed by atoms with van der Waals surface area (Å²) in [4.78, 5) is 15.6. The van der Waals surface area contributed by atoms with E-state index >= 15 is 0 Å². The SMILES string of the molecule is C=C1C(C)(C)[C@@H]2CC[C@@]1(C(=O)N1CCC(c3noc4cc(F)ccc34)CC1)C2. The molecule has 3 aliphatic rings. The number of rotatable bonds is 2. The molecule has 2 atom stereocenters. The van der Waals surface area contributed by atoms with E-state index in [0.717, 1.165) is 61.8 Å². The zero-order valence-electron chi connectivity index (χ0n) is 16.6. The second-order valence-electron chi connectivity index (χ2n) is 9.50. The van der Waals surface area contributed by atoms with Gasteiger partial charge in [0.05, 0.1) is 11.1 Å². The summed E-state index contributed by atoms with van der Waals surface area (Å²) in [7, 11) is 0. The van der Waals surface area contributed by atoms with Gasteiger partial charge >= 0.3 is 0 Å². The predicted octanol–water partition coefficient (Wildman–Crippen LogP) is 5.06. The van der Waals surface area contributed by atoms with E-state index in [0.29, 0.717) is 11.5 Å². The van der Waals surface area contributed by atoms with Crippen LogP contribution in [0.2, 0.25) is 0 Å². The number of amides is 1. The molecule has 0 unspecified atom stereocenters. The first-order chi connectivity index (χ1) is 13.3. The van der Waals surface area contributed by atoms with Gasteiger partial charge in [-0.2, -0.15) is 0 Å². The highest BCUT2D eigenvalue weighted by Gasteiger charge is 2.61. The Morgan fingerprint density at radius 3 is 2.71 bits per heavy atom. The van der Waals surface area contributed by atoms with Crippen LogP contribution in [0.15, 0.2) is 34.9 Å². The third-order valence-corrected chi connectivity index (χ3v) is 7.93. The van der Waals surface area contributed by atoms with E-state index in [4.69, 9.17) is 4.52 Å². The van der Waals surface area contributed by atoms with Gasteiger partial charge in [-0.25, -0.2) is 4.39 Å². The molecule has 1 saturated heterocycles. The zero-order chi connectivity index (χ0) is 19.7. The molecule has 1 aromatic heterocycles. The number of nitrogens with zero attached hydrogens (tertiary/aromatic N) is 2. The number of halogens is 1. The minimum Gasteiger partial charge on any atom is -0.356 e. The fourth-order valence-corrected chi connectivity index (χ4v) is 6.01. The number of carbonyl (C=O) groups excluding carboxylic acids is 1. The van der Waals surface area contributed by atoms with Gasteiger partial charge in [0.15, 0.2) is 5.58 Å². The Morgan fingerprint density at radius 2 is 2.04 bits per heavy atom. The van der Waals surface area contributed by atoms with Crippen molar-refractivity contribution in [1.82, 2.24) is 10.1 Å². The molecular formula is C23H27FN2O2. The van der Waals surface area contributed by atoms with Crippen molar-refractivity contribution in [3.8, 4) is 0 Å². The van der Waals surface area contributed by atoms with Gasteiger partial charge < -0.3 is 9.42 Å². The molecule has 3 fully saturated rings. The van der Waals surface area contributed by atoms with Crippen molar-refractivity contribution in [2.75, 3.05) is 13.1 Å². The summed E-state index contributed by atoms with van der Waals surface area (Å²) < 4.78 is 18.7. The molecule has 1 aromatic carbocycles. The van der Waals surface area contributed by atoms with Crippen LogP contribution in [-0.4, -0.2) is 29.1 Å². The first kappa shape index (κ1) is 17.9. The summed E-state index contributed by atoms with van der Waals surface area (Å²) in [5.41, 5.74) is 2.27. The van der Waals surface area contributed by atoms with Crippen molar-refractivity contribution < 1.29 is 13.7 Å². The minimum absolute atomic E-state index is 0.0706. The summed E-state index contributed by atoms with van der Waals surface area (Å²) in [6.07, 6.45) is 4.78. The molecule has 5 rings (SSSR count). The van der Waals surface area contributed by atoms with Gasteiger partial charge in [0, 0.05) is 30.5 Å². The fraction of sp³-hybridized carbons (Fsp3) is 0.565. The molecule has 2 aliphatic carbocycles. The van der Waals surface area contributed by atoms with Gasteiger partial charge in [0.2, 0.25) is 5.91 Å². The van der Waals surface area contributed by atoms with Gasteiger partial charge in [-0.1, -0.05) is 31.2 Å². The lowest BCUT2D eigenvalue weighted by molar-refractivity contribution is -0.140. The highest BCUT2D eigenvalue weighted by Crippen LogP contribution is 2.66. The lowest BCUT2D eigenvalue weighted by atomic mass is 9.68. The third kappa shape index (κ3) is 2.34. The van der Waals surface area contributed by atoms with Crippen molar-refractivity contribution in [3.63, 3.8) is 0 Å². The quantitative estimate of drug-likeness (QED) is 0.683. The molecule has 0 spiro atoms. The first-order valence-electron chi connectivity index (χ1n) is 10.4. The van der Waals surface area contributed by atoms with Crippen molar-refractivity contribution in [1.29, 1.82) is 0 Å². The molecule has 5 heteroatoms. The van der Waals surface area contributed by atoms with Crippen LogP contribution in [0.25, 0.3) is 11.0 Å². The Bertz CT molecular complexity index is 970. The second-order valence-corrected chi connectivity index (χ2v) is 9.50. The minimum atomic E-state index is -0.334. The van der Waals surface area contributed by atoms with Crippen molar-refractivity contribution in [2.24, 2.45) is 16.7 Å². The fourth-order valence-electron chi connectivity index (χ4n) is 6.01. The Balaban J connectivity index is 1.32. The molecule has 1 aliphatic heterocycles. The molecule has 2 bridgehead atoms. The molecular weight excluding hydrogens is 355 g/mol. The predicted molar refractivity (Wildman–Crippen MR) is 105 cm³/mol. The number of benzene rings is 1. The molecule has 0 radical (unpaired) electrons. The number of aromatic nitrogens is 1. The standard InChI is InChI=1S/C23H27FN2O2/c1-14-22(2,3)16-6-9-23(14,13-16)21(27)26-10-7-15(8-11-26)20-18-5-4-17(24)12-19(18)28-25-20/h4-5,12,15-16H,1,6-11,13H2,2-3H3/t16-,23-/m1/s1. The van der Waals surface area contributed by atoms with E-state index in [9.17, 15) is 9.18 Å². The lowest BCUT2D eigenvalue weighted by Crippen LogP contribution is -2.47. The van der Waals surface area contributed by atoms with Crippen molar-refractivity contribution in [3.05, 3.63) is 41.9 Å².